The number of likely N-dealkylation sites (N-methyl/N-ethyl adjacent to an activating group) is 1. The maximum absolute atomic E-state index is 5.93. The minimum absolute atomic E-state index is 0.758. The molecule has 0 bridgehead atoms. The van der Waals surface area contributed by atoms with Gasteiger partial charge in [-0.2, -0.15) is 0 Å². The molecule has 0 unspecified atom stereocenters. The Labute approximate surface area is 136 Å². The lowest BCUT2D eigenvalue weighted by Gasteiger charge is -2.21. The van der Waals surface area contributed by atoms with E-state index in [-0.39, 0.29) is 0 Å². The molecule has 0 aromatic carbocycles. The number of guanidine groups is 1. The zero-order valence-corrected chi connectivity index (χ0v) is 14.3. The van der Waals surface area contributed by atoms with Gasteiger partial charge in [-0.3, -0.25) is 4.99 Å². The SMILES string of the molecule is CN=C(NCCc1ccc(Cl)s1)N(C)CCOCC1CC1. The molecule has 4 nitrogen and oxygen atoms in total. The first-order chi connectivity index (χ1) is 10.2. The number of nitrogens with one attached hydrogen (secondary N) is 1. The van der Waals surface area contributed by atoms with E-state index in [0.717, 1.165) is 48.9 Å². The lowest BCUT2D eigenvalue weighted by Crippen LogP contribution is -2.41. The van der Waals surface area contributed by atoms with Crippen LogP contribution in [-0.4, -0.2) is 51.3 Å². The van der Waals surface area contributed by atoms with Gasteiger partial charge in [-0.25, -0.2) is 0 Å². The number of rotatable bonds is 8. The summed E-state index contributed by atoms with van der Waals surface area (Å²) >= 11 is 7.56. The van der Waals surface area contributed by atoms with Crippen LogP contribution in [0.4, 0.5) is 0 Å². The Bertz CT molecular complexity index is 460. The standard InChI is InChI=1S/C15H24ClN3OS/c1-17-15(18-8-7-13-5-6-14(16)21-13)19(2)9-10-20-11-12-3-4-12/h5-6,12H,3-4,7-11H2,1-2H3,(H,17,18). The molecule has 1 fully saturated rings. The number of hydrogen-bond acceptors (Lipinski definition) is 3. The van der Waals surface area contributed by atoms with Crippen LogP contribution in [0.25, 0.3) is 0 Å². The second-order valence-corrected chi connectivity index (χ2v) is 7.17. The van der Waals surface area contributed by atoms with Crippen molar-refractivity contribution in [2.24, 2.45) is 10.9 Å². The van der Waals surface area contributed by atoms with Gasteiger partial charge in [0, 0.05) is 38.7 Å². The van der Waals surface area contributed by atoms with Gasteiger partial charge < -0.3 is 15.0 Å². The normalized spacial score (nSPS) is 15.3. The van der Waals surface area contributed by atoms with Gasteiger partial charge in [-0.15, -0.1) is 11.3 Å². The van der Waals surface area contributed by atoms with Crippen molar-refractivity contribution in [1.29, 1.82) is 0 Å². The van der Waals surface area contributed by atoms with Gasteiger partial charge in [0.25, 0.3) is 0 Å². The molecular weight excluding hydrogens is 306 g/mol. The van der Waals surface area contributed by atoms with Gasteiger partial charge in [-0.05, 0) is 37.3 Å². The molecule has 0 amide bonds. The van der Waals surface area contributed by atoms with Crippen molar-refractivity contribution in [2.45, 2.75) is 19.3 Å². The van der Waals surface area contributed by atoms with Gasteiger partial charge in [-0.1, -0.05) is 11.6 Å². The highest BCUT2D eigenvalue weighted by Gasteiger charge is 2.21. The Morgan fingerprint density at radius 1 is 1.52 bits per heavy atom. The smallest absolute Gasteiger partial charge is 0.193 e. The topological polar surface area (TPSA) is 36.9 Å². The summed E-state index contributed by atoms with van der Waals surface area (Å²) in [6.45, 7) is 3.39. The average molecular weight is 330 g/mol. The minimum atomic E-state index is 0.758. The third kappa shape index (κ3) is 6.24. The number of thiophene rings is 1. The molecule has 1 aromatic rings. The highest BCUT2D eigenvalue weighted by Crippen LogP contribution is 2.28. The summed E-state index contributed by atoms with van der Waals surface area (Å²) in [5.41, 5.74) is 0. The monoisotopic (exact) mass is 329 g/mol. The summed E-state index contributed by atoms with van der Waals surface area (Å²) in [4.78, 5) is 7.70. The molecule has 1 aliphatic carbocycles. The van der Waals surface area contributed by atoms with E-state index >= 15 is 0 Å². The van der Waals surface area contributed by atoms with Crippen LogP contribution in [0.3, 0.4) is 0 Å². The third-order valence-electron chi connectivity index (χ3n) is 3.48. The Morgan fingerprint density at radius 2 is 2.33 bits per heavy atom. The third-order valence-corrected chi connectivity index (χ3v) is 4.77. The predicted molar refractivity (Wildman–Crippen MR) is 90.6 cm³/mol. The minimum Gasteiger partial charge on any atom is -0.379 e. The summed E-state index contributed by atoms with van der Waals surface area (Å²) in [7, 11) is 3.85. The first-order valence-corrected chi connectivity index (χ1v) is 8.62. The fourth-order valence-corrected chi connectivity index (χ4v) is 3.10. The van der Waals surface area contributed by atoms with Crippen molar-refractivity contribution >= 4 is 28.9 Å². The van der Waals surface area contributed by atoms with Crippen molar-refractivity contribution in [1.82, 2.24) is 10.2 Å². The Hall–Kier alpha value is -0.780. The first-order valence-electron chi connectivity index (χ1n) is 7.42. The van der Waals surface area contributed by atoms with E-state index in [2.05, 4.69) is 21.3 Å². The molecule has 1 aromatic heterocycles. The van der Waals surface area contributed by atoms with Crippen LogP contribution < -0.4 is 5.32 Å². The molecule has 0 aliphatic heterocycles. The van der Waals surface area contributed by atoms with E-state index in [1.165, 1.54) is 17.7 Å². The van der Waals surface area contributed by atoms with Crippen LogP contribution in [-0.2, 0) is 11.2 Å². The zero-order chi connectivity index (χ0) is 15.1. The summed E-state index contributed by atoms with van der Waals surface area (Å²) < 4.78 is 6.51. The molecule has 1 aliphatic rings. The number of nitrogens with zero attached hydrogens (tertiary/aromatic N) is 2. The molecule has 0 radical (unpaired) electrons. The van der Waals surface area contributed by atoms with Crippen LogP contribution >= 0.6 is 22.9 Å². The van der Waals surface area contributed by atoms with Gasteiger partial charge in [0.1, 0.15) is 0 Å². The molecular formula is C15H24ClN3OS. The fraction of sp³-hybridized carbons (Fsp3) is 0.667. The van der Waals surface area contributed by atoms with E-state index in [9.17, 15) is 0 Å². The van der Waals surface area contributed by atoms with Crippen molar-refractivity contribution < 1.29 is 4.74 Å². The van der Waals surface area contributed by atoms with E-state index in [1.54, 1.807) is 11.3 Å². The molecule has 1 heterocycles. The van der Waals surface area contributed by atoms with Gasteiger partial charge in [0.05, 0.1) is 10.9 Å². The van der Waals surface area contributed by atoms with E-state index in [0.29, 0.717) is 0 Å². The van der Waals surface area contributed by atoms with Crippen molar-refractivity contribution in [3.8, 4) is 0 Å². The Balaban J connectivity index is 1.61. The summed E-state index contributed by atoms with van der Waals surface area (Å²) in [6, 6.07) is 4.02. The number of halogens is 1. The Morgan fingerprint density at radius 3 is 2.95 bits per heavy atom. The lowest BCUT2D eigenvalue weighted by atomic mass is 10.3. The molecule has 118 valence electrons. The lowest BCUT2D eigenvalue weighted by molar-refractivity contribution is 0.115. The first kappa shape index (κ1) is 16.6. The molecule has 6 heteroatoms. The van der Waals surface area contributed by atoms with Crippen LogP contribution in [0.1, 0.15) is 17.7 Å². The highest BCUT2D eigenvalue weighted by atomic mass is 35.5. The average Bonchev–Trinajstić information content (AvgIpc) is 3.21. The van der Waals surface area contributed by atoms with Crippen LogP contribution in [0, 0.1) is 5.92 Å². The molecule has 21 heavy (non-hydrogen) atoms. The fourth-order valence-electron chi connectivity index (χ4n) is 2.01. The summed E-state index contributed by atoms with van der Waals surface area (Å²) in [5.74, 6) is 1.73. The van der Waals surface area contributed by atoms with E-state index in [4.69, 9.17) is 16.3 Å². The molecule has 0 saturated heterocycles. The maximum Gasteiger partial charge on any atom is 0.193 e. The van der Waals surface area contributed by atoms with Crippen LogP contribution in [0.15, 0.2) is 17.1 Å². The quantitative estimate of drug-likeness (QED) is 0.452. The predicted octanol–water partition coefficient (Wildman–Crippen LogP) is 2.88. The largest absolute Gasteiger partial charge is 0.379 e. The zero-order valence-electron chi connectivity index (χ0n) is 12.8. The summed E-state index contributed by atoms with van der Waals surface area (Å²) in [5, 5.41) is 3.37. The second kappa shape index (κ2) is 8.61. The van der Waals surface area contributed by atoms with Crippen molar-refractivity contribution in [2.75, 3.05) is 40.4 Å². The van der Waals surface area contributed by atoms with Crippen molar-refractivity contribution in [3.05, 3.63) is 21.3 Å². The van der Waals surface area contributed by atoms with Gasteiger partial charge >= 0.3 is 0 Å². The van der Waals surface area contributed by atoms with Gasteiger partial charge in [0.2, 0.25) is 0 Å². The highest BCUT2D eigenvalue weighted by molar-refractivity contribution is 7.16. The van der Waals surface area contributed by atoms with Crippen molar-refractivity contribution in [3.63, 3.8) is 0 Å². The maximum atomic E-state index is 5.93. The van der Waals surface area contributed by atoms with Crippen LogP contribution in [0.5, 0.6) is 0 Å². The number of hydrogen-bond donors (Lipinski definition) is 1. The van der Waals surface area contributed by atoms with Gasteiger partial charge in [0.15, 0.2) is 5.96 Å². The van der Waals surface area contributed by atoms with Crippen LogP contribution in [0.2, 0.25) is 4.34 Å². The van der Waals surface area contributed by atoms with E-state index in [1.807, 2.05) is 20.2 Å². The number of aliphatic imine (C=N–C) groups is 1. The molecule has 1 saturated carbocycles. The Kier molecular flexibility index (Phi) is 6.80. The molecule has 0 spiro atoms. The summed E-state index contributed by atoms with van der Waals surface area (Å²) in [6.07, 6.45) is 3.64. The second-order valence-electron chi connectivity index (χ2n) is 5.37. The molecule has 1 N–H and O–H groups in total. The number of ether oxygens (including phenoxy) is 1. The molecule has 2 rings (SSSR count). The molecule has 0 atom stereocenters. The van der Waals surface area contributed by atoms with E-state index < -0.39 is 0 Å².